The van der Waals surface area contributed by atoms with Gasteiger partial charge in [-0.25, -0.2) is 4.79 Å². The first kappa shape index (κ1) is 28.2. The molecule has 1 aliphatic rings. The third-order valence-electron chi connectivity index (χ3n) is 6.43. The van der Waals surface area contributed by atoms with Crippen molar-refractivity contribution >= 4 is 29.5 Å². The number of carbonyl (C=O) groups is 3. The molecule has 1 N–H and O–H groups in total. The van der Waals surface area contributed by atoms with Crippen LogP contribution < -0.4 is 19.7 Å². The lowest BCUT2D eigenvalue weighted by Crippen LogP contribution is -2.31. The molecule has 3 aromatic carbocycles. The summed E-state index contributed by atoms with van der Waals surface area (Å²) in [6.45, 7) is 5.91. The van der Waals surface area contributed by atoms with E-state index in [4.69, 9.17) is 14.2 Å². The molecule has 0 saturated heterocycles. The zero-order valence-corrected chi connectivity index (χ0v) is 23.0. The van der Waals surface area contributed by atoms with Crippen LogP contribution in [0.1, 0.15) is 37.9 Å². The van der Waals surface area contributed by atoms with E-state index in [1.54, 1.807) is 61.5 Å². The topological polar surface area (TPSA) is 94.2 Å². The highest BCUT2D eigenvalue weighted by Crippen LogP contribution is 2.36. The monoisotopic (exact) mass is 540 g/mol. The number of benzene rings is 3. The fourth-order valence-electron chi connectivity index (χ4n) is 4.43. The molecule has 8 heteroatoms. The SMILES string of the molecule is CCOc1ccc(N2C(=O)/C(=C\c3ccc(OCC(=O)N[C@H](C)c4ccccc4)cc3)C(C(=O)OC)=C2C)cc1. The number of allylic oxidation sites excluding steroid dienone is 1. The Bertz CT molecular complexity index is 1430. The van der Waals surface area contributed by atoms with Crippen LogP contribution >= 0.6 is 0 Å². The van der Waals surface area contributed by atoms with Gasteiger partial charge in [-0.1, -0.05) is 42.5 Å². The molecule has 0 unspecified atom stereocenters. The van der Waals surface area contributed by atoms with E-state index in [1.165, 1.54) is 12.0 Å². The van der Waals surface area contributed by atoms with Crippen LogP contribution in [0.4, 0.5) is 5.69 Å². The number of ether oxygens (including phenoxy) is 3. The fraction of sp³-hybridized carbons (Fsp3) is 0.219. The predicted octanol–water partition coefficient (Wildman–Crippen LogP) is 5.22. The maximum atomic E-state index is 13.5. The van der Waals surface area contributed by atoms with Gasteiger partial charge in [0.1, 0.15) is 11.5 Å². The van der Waals surface area contributed by atoms with Crippen molar-refractivity contribution in [3.8, 4) is 11.5 Å². The molecule has 0 bridgehead atoms. The Hall–Kier alpha value is -4.85. The van der Waals surface area contributed by atoms with E-state index >= 15 is 0 Å². The number of anilines is 1. The molecule has 0 spiro atoms. The predicted molar refractivity (Wildman–Crippen MR) is 153 cm³/mol. The summed E-state index contributed by atoms with van der Waals surface area (Å²) in [6.07, 6.45) is 1.64. The fourth-order valence-corrected chi connectivity index (χ4v) is 4.43. The Labute approximate surface area is 233 Å². The largest absolute Gasteiger partial charge is 0.494 e. The molecule has 2 amide bonds. The second-order valence-electron chi connectivity index (χ2n) is 9.14. The number of rotatable bonds is 10. The van der Waals surface area contributed by atoms with Crippen molar-refractivity contribution in [1.82, 2.24) is 5.32 Å². The van der Waals surface area contributed by atoms with E-state index in [2.05, 4.69) is 5.32 Å². The van der Waals surface area contributed by atoms with Gasteiger partial charge in [-0.2, -0.15) is 0 Å². The van der Waals surface area contributed by atoms with Crippen molar-refractivity contribution in [3.63, 3.8) is 0 Å². The van der Waals surface area contributed by atoms with Gasteiger partial charge in [0.25, 0.3) is 11.8 Å². The van der Waals surface area contributed by atoms with Crippen molar-refractivity contribution in [2.75, 3.05) is 25.2 Å². The number of amides is 2. The quantitative estimate of drug-likeness (QED) is 0.280. The van der Waals surface area contributed by atoms with Crippen LogP contribution in [0.2, 0.25) is 0 Å². The lowest BCUT2D eigenvalue weighted by molar-refractivity contribution is -0.136. The lowest BCUT2D eigenvalue weighted by atomic mass is 10.0. The van der Waals surface area contributed by atoms with Crippen LogP contribution in [0.5, 0.6) is 11.5 Å². The van der Waals surface area contributed by atoms with Gasteiger partial charge < -0.3 is 19.5 Å². The number of nitrogens with zero attached hydrogens (tertiary/aromatic N) is 1. The van der Waals surface area contributed by atoms with Crippen molar-refractivity contribution in [1.29, 1.82) is 0 Å². The zero-order chi connectivity index (χ0) is 28.6. The number of hydrogen-bond donors (Lipinski definition) is 1. The number of methoxy groups -OCH3 is 1. The Balaban J connectivity index is 1.47. The van der Waals surface area contributed by atoms with Crippen molar-refractivity contribution in [2.24, 2.45) is 0 Å². The molecular weight excluding hydrogens is 508 g/mol. The normalized spacial score (nSPS) is 14.8. The van der Waals surface area contributed by atoms with Crippen LogP contribution in [-0.2, 0) is 19.1 Å². The molecule has 1 heterocycles. The Morgan fingerprint density at radius 3 is 2.17 bits per heavy atom. The smallest absolute Gasteiger partial charge is 0.340 e. The number of esters is 1. The molecule has 4 rings (SSSR count). The Morgan fingerprint density at radius 2 is 1.55 bits per heavy atom. The molecule has 0 radical (unpaired) electrons. The molecule has 3 aromatic rings. The summed E-state index contributed by atoms with van der Waals surface area (Å²) in [5, 5.41) is 2.91. The first-order valence-corrected chi connectivity index (χ1v) is 13.0. The summed E-state index contributed by atoms with van der Waals surface area (Å²) in [5.41, 5.74) is 3.20. The maximum Gasteiger partial charge on any atom is 0.340 e. The first-order chi connectivity index (χ1) is 19.3. The first-order valence-electron chi connectivity index (χ1n) is 13.0. The second-order valence-corrected chi connectivity index (χ2v) is 9.14. The van der Waals surface area contributed by atoms with E-state index in [-0.39, 0.29) is 35.6 Å². The van der Waals surface area contributed by atoms with Crippen LogP contribution in [-0.4, -0.2) is 38.1 Å². The molecule has 0 aliphatic carbocycles. The molecule has 8 nitrogen and oxygen atoms in total. The van der Waals surface area contributed by atoms with Gasteiger partial charge in [0.05, 0.1) is 30.9 Å². The average Bonchev–Trinajstić information content (AvgIpc) is 3.21. The minimum absolute atomic E-state index is 0.137. The molecule has 0 aromatic heterocycles. The van der Waals surface area contributed by atoms with Crippen LogP contribution in [0.3, 0.4) is 0 Å². The minimum atomic E-state index is -0.596. The molecule has 0 fully saturated rings. The van der Waals surface area contributed by atoms with Gasteiger partial charge in [0.2, 0.25) is 0 Å². The lowest BCUT2D eigenvalue weighted by Gasteiger charge is -2.18. The third-order valence-corrected chi connectivity index (χ3v) is 6.43. The highest BCUT2D eigenvalue weighted by Gasteiger charge is 2.37. The third kappa shape index (κ3) is 6.40. The van der Waals surface area contributed by atoms with Crippen molar-refractivity contribution < 1.29 is 28.6 Å². The summed E-state index contributed by atoms with van der Waals surface area (Å²) in [6, 6.07) is 23.6. The standard InChI is InChI=1S/C32H32N2O6/c1-5-39-26-17-13-25(14-18-26)34-22(3)30(32(37)38-4)28(31(34)36)19-23-11-15-27(16-12-23)40-20-29(35)33-21(2)24-9-7-6-8-10-24/h6-19,21H,5,20H2,1-4H3,(H,33,35)/b28-19-/t21-/m1/s1. The zero-order valence-electron chi connectivity index (χ0n) is 23.0. The van der Waals surface area contributed by atoms with Crippen LogP contribution in [0.15, 0.2) is 95.7 Å². The Morgan fingerprint density at radius 1 is 0.925 bits per heavy atom. The van der Waals surface area contributed by atoms with Gasteiger partial charge in [-0.05, 0) is 74.4 Å². The summed E-state index contributed by atoms with van der Waals surface area (Å²) in [5.74, 6) is 0.0111. The number of nitrogens with one attached hydrogen (secondary N) is 1. The van der Waals surface area contributed by atoms with E-state index in [0.717, 1.165) is 5.56 Å². The summed E-state index contributed by atoms with van der Waals surface area (Å²) < 4.78 is 16.1. The molecule has 206 valence electrons. The van der Waals surface area contributed by atoms with Crippen molar-refractivity contribution in [2.45, 2.75) is 26.8 Å². The van der Waals surface area contributed by atoms with E-state index in [9.17, 15) is 14.4 Å². The summed E-state index contributed by atoms with van der Waals surface area (Å²) >= 11 is 0. The van der Waals surface area contributed by atoms with Gasteiger partial charge in [0, 0.05) is 11.4 Å². The summed E-state index contributed by atoms with van der Waals surface area (Å²) in [7, 11) is 1.28. The average molecular weight is 541 g/mol. The van der Waals surface area contributed by atoms with Crippen LogP contribution in [0.25, 0.3) is 6.08 Å². The van der Waals surface area contributed by atoms with Crippen LogP contribution in [0, 0.1) is 0 Å². The van der Waals surface area contributed by atoms with Crippen molar-refractivity contribution in [3.05, 3.63) is 107 Å². The minimum Gasteiger partial charge on any atom is -0.494 e. The maximum absolute atomic E-state index is 13.5. The van der Waals surface area contributed by atoms with Gasteiger partial charge in [-0.15, -0.1) is 0 Å². The molecule has 0 saturated carbocycles. The second kappa shape index (κ2) is 12.8. The van der Waals surface area contributed by atoms with Gasteiger partial charge in [-0.3, -0.25) is 14.5 Å². The van der Waals surface area contributed by atoms with E-state index < -0.39 is 5.97 Å². The molecule has 1 atom stereocenters. The van der Waals surface area contributed by atoms with Gasteiger partial charge >= 0.3 is 5.97 Å². The Kier molecular flexibility index (Phi) is 9.01. The van der Waals surface area contributed by atoms with E-state index in [1.807, 2.05) is 44.2 Å². The number of carbonyl (C=O) groups excluding carboxylic acids is 3. The summed E-state index contributed by atoms with van der Waals surface area (Å²) in [4.78, 5) is 40.0. The molecule has 1 aliphatic heterocycles. The number of hydrogen-bond acceptors (Lipinski definition) is 6. The van der Waals surface area contributed by atoms with Gasteiger partial charge in [0.15, 0.2) is 6.61 Å². The highest BCUT2D eigenvalue weighted by atomic mass is 16.5. The van der Waals surface area contributed by atoms with E-state index in [0.29, 0.717) is 35.1 Å². The highest BCUT2D eigenvalue weighted by molar-refractivity contribution is 6.23. The molecule has 40 heavy (non-hydrogen) atoms. The molecular formula is C32H32N2O6.